The molecule has 1 unspecified atom stereocenters. The zero-order valence-corrected chi connectivity index (χ0v) is 13.4. The molecule has 2 aromatic rings. The fraction of sp³-hybridized carbons (Fsp3) is 0.267. The summed E-state index contributed by atoms with van der Waals surface area (Å²) in [6, 6.07) is 10.1. The van der Waals surface area contributed by atoms with Gasteiger partial charge in [-0.25, -0.2) is 13.1 Å². The van der Waals surface area contributed by atoms with Crippen LogP contribution >= 0.6 is 0 Å². The van der Waals surface area contributed by atoms with Gasteiger partial charge in [-0.3, -0.25) is 4.79 Å². The number of rotatable bonds is 5. The molecule has 0 spiro atoms. The SMILES string of the molecule is CNS(=O)(=O)c1ccc(C(=O)NC(C)c2ccc(C)cc2)o1. The van der Waals surface area contributed by atoms with Crippen molar-refractivity contribution in [3.63, 3.8) is 0 Å². The lowest BCUT2D eigenvalue weighted by molar-refractivity contribution is 0.0906. The van der Waals surface area contributed by atoms with Gasteiger partial charge in [-0.05, 0) is 38.6 Å². The van der Waals surface area contributed by atoms with Gasteiger partial charge in [0.15, 0.2) is 5.76 Å². The van der Waals surface area contributed by atoms with Gasteiger partial charge in [-0.2, -0.15) is 0 Å². The molecule has 0 radical (unpaired) electrons. The third-order valence-corrected chi connectivity index (χ3v) is 4.55. The summed E-state index contributed by atoms with van der Waals surface area (Å²) < 4.78 is 30.4. The number of amides is 1. The van der Waals surface area contributed by atoms with Crippen LogP contribution in [0.1, 0.15) is 34.6 Å². The number of hydrogen-bond donors (Lipinski definition) is 2. The van der Waals surface area contributed by atoms with E-state index in [1.807, 2.05) is 38.1 Å². The van der Waals surface area contributed by atoms with Crippen molar-refractivity contribution < 1.29 is 17.6 Å². The van der Waals surface area contributed by atoms with E-state index >= 15 is 0 Å². The van der Waals surface area contributed by atoms with Crippen LogP contribution in [0.25, 0.3) is 0 Å². The number of aryl methyl sites for hydroxylation is 1. The van der Waals surface area contributed by atoms with E-state index in [2.05, 4.69) is 10.0 Å². The van der Waals surface area contributed by atoms with Crippen LogP contribution in [0.5, 0.6) is 0 Å². The van der Waals surface area contributed by atoms with Gasteiger partial charge in [0.1, 0.15) is 0 Å². The summed E-state index contributed by atoms with van der Waals surface area (Å²) in [6.07, 6.45) is 0. The van der Waals surface area contributed by atoms with Crippen molar-refractivity contribution >= 4 is 15.9 Å². The average molecular weight is 322 g/mol. The molecule has 0 aliphatic rings. The first-order valence-electron chi connectivity index (χ1n) is 6.74. The molecule has 1 heterocycles. The monoisotopic (exact) mass is 322 g/mol. The fourth-order valence-electron chi connectivity index (χ4n) is 1.89. The maximum absolute atomic E-state index is 12.1. The van der Waals surface area contributed by atoms with Gasteiger partial charge in [-0.15, -0.1) is 0 Å². The molecule has 0 saturated carbocycles. The molecular weight excluding hydrogens is 304 g/mol. The van der Waals surface area contributed by atoms with E-state index in [0.717, 1.165) is 11.1 Å². The van der Waals surface area contributed by atoms with E-state index in [9.17, 15) is 13.2 Å². The van der Waals surface area contributed by atoms with Gasteiger partial charge in [-0.1, -0.05) is 29.8 Å². The zero-order chi connectivity index (χ0) is 16.3. The average Bonchev–Trinajstić information content (AvgIpc) is 2.98. The van der Waals surface area contributed by atoms with Crippen LogP contribution in [-0.4, -0.2) is 21.4 Å². The highest BCUT2D eigenvalue weighted by Crippen LogP contribution is 2.16. The second kappa shape index (κ2) is 6.33. The Balaban J connectivity index is 2.11. The van der Waals surface area contributed by atoms with Crippen LogP contribution in [0.4, 0.5) is 0 Å². The van der Waals surface area contributed by atoms with Crippen LogP contribution in [0.3, 0.4) is 0 Å². The smallest absolute Gasteiger partial charge is 0.287 e. The molecule has 0 aliphatic heterocycles. The second-order valence-electron chi connectivity index (χ2n) is 4.93. The molecular formula is C15H18N2O4S. The van der Waals surface area contributed by atoms with E-state index in [1.165, 1.54) is 19.2 Å². The van der Waals surface area contributed by atoms with Crippen LogP contribution in [0.2, 0.25) is 0 Å². The molecule has 0 aliphatic carbocycles. The minimum Gasteiger partial charge on any atom is -0.438 e. The zero-order valence-electron chi connectivity index (χ0n) is 12.6. The lowest BCUT2D eigenvalue weighted by Gasteiger charge is -2.13. The van der Waals surface area contributed by atoms with Crippen molar-refractivity contribution in [3.05, 3.63) is 53.3 Å². The van der Waals surface area contributed by atoms with Crippen LogP contribution < -0.4 is 10.0 Å². The highest BCUT2D eigenvalue weighted by atomic mass is 32.2. The van der Waals surface area contributed by atoms with E-state index in [0.29, 0.717) is 0 Å². The van der Waals surface area contributed by atoms with Crippen molar-refractivity contribution in [3.8, 4) is 0 Å². The van der Waals surface area contributed by atoms with Crippen molar-refractivity contribution in [1.29, 1.82) is 0 Å². The molecule has 1 aromatic carbocycles. The molecule has 2 N–H and O–H groups in total. The Morgan fingerprint density at radius 3 is 2.36 bits per heavy atom. The summed E-state index contributed by atoms with van der Waals surface area (Å²) >= 11 is 0. The number of furan rings is 1. The minimum absolute atomic E-state index is 0.0483. The molecule has 1 aromatic heterocycles. The van der Waals surface area contributed by atoms with Gasteiger partial charge in [0, 0.05) is 0 Å². The van der Waals surface area contributed by atoms with E-state index < -0.39 is 15.9 Å². The first-order valence-corrected chi connectivity index (χ1v) is 8.22. The highest BCUT2D eigenvalue weighted by molar-refractivity contribution is 7.89. The summed E-state index contributed by atoms with van der Waals surface area (Å²) in [5.41, 5.74) is 2.09. The Morgan fingerprint density at radius 1 is 1.14 bits per heavy atom. The van der Waals surface area contributed by atoms with Crippen molar-refractivity contribution in [1.82, 2.24) is 10.0 Å². The lowest BCUT2D eigenvalue weighted by atomic mass is 10.1. The topological polar surface area (TPSA) is 88.4 Å². The number of benzene rings is 1. The standard InChI is InChI=1S/C15H18N2O4S/c1-10-4-6-12(7-5-10)11(2)17-15(18)13-8-9-14(21-13)22(19,20)16-3/h4-9,11,16H,1-3H3,(H,17,18). The second-order valence-corrected chi connectivity index (χ2v) is 6.75. The maximum atomic E-state index is 12.1. The quantitative estimate of drug-likeness (QED) is 0.881. The molecule has 0 fully saturated rings. The number of carbonyl (C=O) groups is 1. The normalized spacial score (nSPS) is 12.9. The minimum atomic E-state index is -3.69. The van der Waals surface area contributed by atoms with Crippen LogP contribution in [0.15, 0.2) is 45.9 Å². The molecule has 1 amide bonds. The molecule has 7 heteroatoms. The summed E-state index contributed by atoms with van der Waals surface area (Å²) in [4.78, 5) is 12.1. The Kier molecular flexibility index (Phi) is 4.68. The first kappa shape index (κ1) is 16.3. The van der Waals surface area contributed by atoms with E-state index in [4.69, 9.17) is 4.42 Å². The first-order chi connectivity index (χ1) is 10.3. The molecule has 2 rings (SSSR count). The Morgan fingerprint density at radius 2 is 1.77 bits per heavy atom. The summed E-state index contributed by atoms with van der Waals surface area (Å²) in [7, 11) is -2.42. The molecule has 1 atom stereocenters. The van der Waals surface area contributed by atoms with Gasteiger partial charge < -0.3 is 9.73 Å². The summed E-state index contributed by atoms with van der Waals surface area (Å²) in [5.74, 6) is -0.515. The van der Waals surface area contributed by atoms with Crippen molar-refractivity contribution in [2.45, 2.75) is 25.0 Å². The Bertz CT molecular complexity index is 763. The number of carbonyl (C=O) groups excluding carboxylic acids is 1. The van der Waals surface area contributed by atoms with Crippen molar-refractivity contribution in [2.75, 3.05) is 7.05 Å². The lowest BCUT2D eigenvalue weighted by Crippen LogP contribution is -2.26. The summed E-state index contributed by atoms with van der Waals surface area (Å²) in [5, 5.41) is 2.48. The van der Waals surface area contributed by atoms with Gasteiger partial charge in [0.2, 0.25) is 5.09 Å². The molecule has 6 nitrogen and oxygen atoms in total. The van der Waals surface area contributed by atoms with E-state index in [1.54, 1.807) is 0 Å². The molecule has 22 heavy (non-hydrogen) atoms. The molecule has 118 valence electrons. The summed E-state index contributed by atoms with van der Waals surface area (Å²) in [6.45, 7) is 3.83. The van der Waals surface area contributed by atoms with Crippen molar-refractivity contribution in [2.24, 2.45) is 0 Å². The number of nitrogens with one attached hydrogen (secondary N) is 2. The predicted octanol–water partition coefficient (Wildman–Crippen LogP) is 1.99. The Labute approximate surface area is 129 Å². The molecule has 0 bridgehead atoms. The third-order valence-electron chi connectivity index (χ3n) is 3.26. The Hall–Kier alpha value is -2.12. The number of sulfonamides is 1. The number of hydrogen-bond acceptors (Lipinski definition) is 4. The molecule has 0 saturated heterocycles. The maximum Gasteiger partial charge on any atom is 0.287 e. The van der Waals surface area contributed by atoms with Crippen LogP contribution in [0, 0.1) is 6.92 Å². The third kappa shape index (κ3) is 3.55. The predicted molar refractivity (Wildman–Crippen MR) is 82.0 cm³/mol. The fourth-order valence-corrected chi connectivity index (χ4v) is 2.54. The van der Waals surface area contributed by atoms with Gasteiger partial charge in [0.25, 0.3) is 15.9 Å². The van der Waals surface area contributed by atoms with Crippen LogP contribution in [-0.2, 0) is 10.0 Å². The van der Waals surface area contributed by atoms with Gasteiger partial charge >= 0.3 is 0 Å². The highest BCUT2D eigenvalue weighted by Gasteiger charge is 2.20. The largest absolute Gasteiger partial charge is 0.438 e. The van der Waals surface area contributed by atoms with Gasteiger partial charge in [0.05, 0.1) is 6.04 Å². The van der Waals surface area contributed by atoms with E-state index in [-0.39, 0.29) is 16.9 Å².